The van der Waals surface area contributed by atoms with Crippen molar-refractivity contribution in [2.24, 2.45) is 0 Å². The molecule has 0 aliphatic carbocycles. The van der Waals surface area contributed by atoms with Crippen molar-refractivity contribution in [1.82, 2.24) is 14.9 Å². The lowest BCUT2D eigenvalue weighted by molar-refractivity contribution is -0.136. The van der Waals surface area contributed by atoms with E-state index in [1.54, 1.807) is 0 Å². The predicted octanol–water partition coefficient (Wildman–Crippen LogP) is 3.17. The van der Waals surface area contributed by atoms with Gasteiger partial charge in [-0.2, -0.15) is 0 Å². The Morgan fingerprint density at radius 1 is 1.41 bits per heavy atom. The third kappa shape index (κ3) is 3.21. The van der Waals surface area contributed by atoms with Gasteiger partial charge in [-0.05, 0) is 44.4 Å². The van der Waals surface area contributed by atoms with Crippen LogP contribution >= 0.6 is 15.9 Å². The van der Waals surface area contributed by atoms with Gasteiger partial charge in [0.25, 0.3) is 5.91 Å². The Morgan fingerprint density at radius 2 is 2.27 bits per heavy atom. The Balaban J connectivity index is 1.73. The van der Waals surface area contributed by atoms with Gasteiger partial charge in [-0.3, -0.25) is 4.79 Å². The number of benzene rings is 1. The maximum absolute atomic E-state index is 12.3. The summed E-state index contributed by atoms with van der Waals surface area (Å²) in [4.78, 5) is 22.6. The summed E-state index contributed by atoms with van der Waals surface area (Å²) in [5.41, 5.74) is 0.798. The van der Waals surface area contributed by atoms with Gasteiger partial charge in [-0.1, -0.05) is 15.9 Å². The van der Waals surface area contributed by atoms with Crippen molar-refractivity contribution < 1.29 is 9.53 Å². The predicted molar refractivity (Wildman–Crippen MR) is 87.8 cm³/mol. The number of carbonyl (C=O) groups excluding carboxylic acids is 1. The van der Waals surface area contributed by atoms with Crippen LogP contribution in [0.1, 0.15) is 26.2 Å². The number of aromatic nitrogens is 2. The monoisotopic (exact) mass is 363 g/mol. The highest BCUT2D eigenvalue weighted by Gasteiger charge is 2.23. The molecule has 0 bridgehead atoms. The molecule has 1 atom stereocenters. The number of halogens is 1. The molecule has 0 saturated carbocycles. The SMILES string of the molecule is CC1CCCCN1C(=O)COc1ncnc2ccc(Br)cc12. The number of hydrogen-bond acceptors (Lipinski definition) is 4. The highest BCUT2D eigenvalue weighted by atomic mass is 79.9. The molecule has 1 fully saturated rings. The van der Waals surface area contributed by atoms with Gasteiger partial charge >= 0.3 is 0 Å². The minimum absolute atomic E-state index is 0.0168. The van der Waals surface area contributed by atoms with E-state index in [1.165, 1.54) is 12.7 Å². The first-order valence-electron chi connectivity index (χ1n) is 7.47. The summed E-state index contributed by atoms with van der Waals surface area (Å²) in [6, 6.07) is 6.00. The first-order valence-corrected chi connectivity index (χ1v) is 8.27. The smallest absolute Gasteiger partial charge is 0.260 e. The van der Waals surface area contributed by atoms with E-state index in [9.17, 15) is 4.79 Å². The van der Waals surface area contributed by atoms with E-state index in [4.69, 9.17) is 4.74 Å². The lowest BCUT2D eigenvalue weighted by Gasteiger charge is -2.33. The Morgan fingerprint density at radius 3 is 3.09 bits per heavy atom. The molecular formula is C16H18BrN3O2. The largest absolute Gasteiger partial charge is 0.467 e. The Labute approximate surface area is 137 Å². The molecule has 0 radical (unpaired) electrons. The highest BCUT2D eigenvalue weighted by molar-refractivity contribution is 9.10. The van der Waals surface area contributed by atoms with Gasteiger partial charge < -0.3 is 9.64 Å². The van der Waals surface area contributed by atoms with Gasteiger partial charge in [0, 0.05) is 17.1 Å². The van der Waals surface area contributed by atoms with Crippen LogP contribution in [-0.2, 0) is 4.79 Å². The number of rotatable bonds is 3. The second-order valence-electron chi connectivity index (χ2n) is 5.56. The molecule has 1 aliphatic rings. The fourth-order valence-electron chi connectivity index (χ4n) is 2.80. The highest BCUT2D eigenvalue weighted by Crippen LogP contribution is 2.25. The van der Waals surface area contributed by atoms with Crippen molar-refractivity contribution in [3.63, 3.8) is 0 Å². The van der Waals surface area contributed by atoms with Crippen LogP contribution in [0.15, 0.2) is 29.0 Å². The molecule has 1 aromatic heterocycles. The Kier molecular flexibility index (Phi) is 4.57. The van der Waals surface area contributed by atoms with Crippen molar-refractivity contribution in [2.45, 2.75) is 32.2 Å². The third-order valence-electron chi connectivity index (χ3n) is 4.02. The van der Waals surface area contributed by atoms with Gasteiger partial charge in [-0.25, -0.2) is 9.97 Å². The van der Waals surface area contributed by atoms with Crippen LogP contribution in [0, 0.1) is 0 Å². The maximum atomic E-state index is 12.3. The number of hydrogen-bond donors (Lipinski definition) is 0. The first kappa shape index (κ1) is 15.2. The van der Waals surface area contributed by atoms with E-state index < -0.39 is 0 Å². The van der Waals surface area contributed by atoms with Crippen LogP contribution in [0.4, 0.5) is 0 Å². The molecule has 0 N–H and O–H groups in total. The number of ether oxygens (including phenoxy) is 1. The second-order valence-corrected chi connectivity index (χ2v) is 6.48. The summed E-state index contributed by atoms with van der Waals surface area (Å²) in [5, 5.41) is 0.802. The quantitative estimate of drug-likeness (QED) is 0.840. The number of amides is 1. The number of piperidine rings is 1. The molecule has 1 aromatic carbocycles. The summed E-state index contributed by atoms with van der Waals surface area (Å²) in [6.45, 7) is 2.93. The Hall–Kier alpha value is -1.69. The van der Waals surface area contributed by atoms with Gasteiger partial charge in [0.2, 0.25) is 5.88 Å². The molecule has 3 rings (SSSR count). The third-order valence-corrected chi connectivity index (χ3v) is 4.51. The maximum Gasteiger partial charge on any atom is 0.260 e. The van der Waals surface area contributed by atoms with Crippen LogP contribution in [0.5, 0.6) is 5.88 Å². The van der Waals surface area contributed by atoms with Crippen molar-refractivity contribution >= 4 is 32.7 Å². The molecule has 6 heteroatoms. The molecule has 2 aromatic rings. The van der Waals surface area contributed by atoms with Crippen LogP contribution in [0.25, 0.3) is 10.9 Å². The number of likely N-dealkylation sites (tertiary alicyclic amines) is 1. The lowest BCUT2D eigenvalue weighted by atomic mass is 10.0. The fraction of sp³-hybridized carbons (Fsp3) is 0.438. The minimum atomic E-state index is 0.0168. The number of nitrogens with zero attached hydrogens (tertiary/aromatic N) is 3. The van der Waals surface area contributed by atoms with Gasteiger partial charge in [0.1, 0.15) is 6.33 Å². The van der Waals surface area contributed by atoms with E-state index in [0.717, 1.165) is 34.8 Å². The topological polar surface area (TPSA) is 55.3 Å². The van der Waals surface area contributed by atoms with E-state index in [-0.39, 0.29) is 12.5 Å². The Bertz CT molecular complexity index is 692. The summed E-state index contributed by atoms with van der Waals surface area (Å²) in [5.74, 6) is 0.471. The molecule has 5 nitrogen and oxygen atoms in total. The summed E-state index contributed by atoms with van der Waals surface area (Å²) in [7, 11) is 0. The normalized spacial score (nSPS) is 18.5. The van der Waals surface area contributed by atoms with Crippen LogP contribution in [-0.4, -0.2) is 40.0 Å². The van der Waals surface area contributed by atoms with Crippen LogP contribution in [0.3, 0.4) is 0 Å². The zero-order valence-electron chi connectivity index (χ0n) is 12.5. The second kappa shape index (κ2) is 6.60. The van der Waals surface area contributed by atoms with Gasteiger partial charge in [0.05, 0.1) is 10.9 Å². The fourth-order valence-corrected chi connectivity index (χ4v) is 3.16. The summed E-state index contributed by atoms with van der Waals surface area (Å²) >= 11 is 3.43. The van der Waals surface area contributed by atoms with Gasteiger partial charge in [-0.15, -0.1) is 0 Å². The molecular weight excluding hydrogens is 346 g/mol. The molecule has 0 spiro atoms. The molecule has 1 aliphatic heterocycles. The van der Waals surface area contributed by atoms with E-state index in [1.807, 2.05) is 23.1 Å². The lowest BCUT2D eigenvalue weighted by Crippen LogP contribution is -2.44. The standard InChI is InChI=1S/C16H18BrN3O2/c1-11-4-2-3-7-20(11)15(21)9-22-16-13-8-12(17)5-6-14(13)18-10-19-16/h5-6,8,10-11H,2-4,7,9H2,1H3. The van der Waals surface area contributed by atoms with Crippen LogP contribution < -0.4 is 4.74 Å². The van der Waals surface area contributed by atoms with Crippen molar-refractivity contribution in [3.05, 3.63) is 29.0 Å². The van der Waals surface area contributed by atoms with Crippen molar-refractivity contribution in [1.29, 1.82) is 0 Å². The number of fused-ring (bicyclic) bond motifs is 1. The molecule has 1 saturated heterocycles. The summed E-state index contributed by atoms with van der Waals surface area (Å²) in [6.07, 6.45) is 4.78. The average molecular weight is 364 g/mol. The molecule has 2 heterocycles. The molecule has 116 valence electrons. The van der Waals surface area contributed by atoms with E-state index in [0.29, 0.717) is 11.9 Å². The summed E-state index contributed by atoms with van der Waals surface area (Å²) < 4.78 is 6.60. The van der Waals surface area contributed by atoms with Crippen molar-refractivity contribution in [3.8, 4) is 5.88 Å². The zero-order valence-corrected chi connectivity index (χ0v) is 14.0. The zero-order chi connectivity index (χ0) is 15.5. The minimum Gasteiger partial charge on any atom is -0.467 e. The van der Waals surface area contributed by atoms with Crippen LogP contribution in [0.2, 0.25) is 0 Å². The van der Waals surface area contributed by atoms with Crippen molar-refractivity contribution in [2.75, 3.05) is 13.2 Å². The molecule has 1 unspecified atom stereocenters. The molecule has 1 amide bonds. The van der Waals surface area contributed by atoms with E-state index >= 15 is 0 Å². The average Bonchev–Trinajstić information content (AvgIpc) is 2.53. The first-order chi connectivity index (χ1) is 10.6. The van der Waals surface area contributed by atoms with E-state index in [2.05, 4.69) is 32.8 Å². The number of carbonyl (C=O) groups is 1. The van der Waals surface area contributed by atoms with Gasteiger partial charge in [0.15, 0.2) is 6.61 Å². The molecule has 22 heavy (non-hydrogen) atoms.